The van der Waals surface area contributed by atoms with Gasteiger partial charge in [-0.25, -0.2) is 28.5 Å². The minimum Gasteiger partial charge on any atom is -0.444 e. The third-order valence-corrected chi connectivity index (χ3v) is 9.69. The molecular formula is C32H38F2N8O5S. The lowest BCUT2D eigenvalue weighted by atomic mass is 10.0. The van der Waals surface area contributed by atoms with Crippen LogP contribution in [0.1, 0.15) is 56.5 Å². The zero-order valence-electron chi connectivity index (χ0n) is 27.5. The van der Waals surface area contributed by atoms with E-state index in [1.54, 1.807) is 43.5 Å². The summed E-state index contributed by atoms with van der Waals surface area (Å²) >= 11 is 0. The van der Waals surface area contributed by atoms with Crippen LogP contribution in [0.3, 0.4) is 0 Å². The van der Waals surface area contributed by atoms with Crippen molar-refractivity contribution in [2.24, 2.45) is 0 Å². The molecule has 0 unspecified atom stereocenters. The standard InChI is InChI=1S/C32H38F2N8O5S/c1-7-40(5)48(45,46)39-25-9-8-24(33)26(27(25)34)28(43)23-18-36-29-22(23)14-19(15-35-29)20-16-37-30(38-17-20)42-12-10-21(11-13-42)41(6)31(44)47-32(2,3)4/h8-9,14-18,21,39H,7,10-13H2,1-6H3,(H,35,36). The number of carbonyl (C=O) groups is 2. The van der Waals surface area contributed by atoms with Gasteiger partial charge in [-0.15, -0.1) is 0 Å². The molecule has 0 atom stereocenters. The average Bonchev–Trinajstić information content (AvgIpc) is 3.48. The number of carbonyl (C=O) groups excluding carboxylic acids is 2. The number of fused-ring (bicyclic) bond motifs is 1. The van der Waals surface area contributed by atoms with E-state index in [9.17, 15) is 22.4 Å². The van der Waals surface area contributed by atoms with Crippen LogP contribution in [-0.2, 0) is 14.9 Å². The van der Waals surface area contributed by atoms with Crippen LogP contribution in [0.4, 0.5) is 25.2 Å². The van der Waals surface area contributed by atoms with E-state index in [2.05, 4.69) is 24.7 Å². The summed E-state index contributed by atoms with van der Waals surface area (Å²) < 4.78 is 63.8. The lowest BCUT2D eigenvalue weighted by Gasteiger charge is -2.37. The maximum atomic E-state index is 15.5. The first kappa shape index (κ1) is 34.6. The second-order valence-electron chi connectivity index (χ2n) is 12.5. The van der Waals surface area contributed by atoms with E-state index in [0.29, 0.717) is 41.2 Å². The van der Waals surface area contributed by atoms with Crippen LogP contribution >= 0.6 is 0 Å². The predicted molar refractivity (Wildman–Crippen MR) is 177 cm³/mol. The number of nitrogens with one attached hydrogen (secondary N) is 2. The first-order valence-electron chi connectivity index (χ1n) is 15.4. The highest BCUT2D eigenvalue weighted by atomic mass is 32.2. The monoisotopic (exact) mass is 684 g/mol. The van der Waals surface area contributed by atoms with Crippen molar-refractivity contribution in [3.63, 3.8) is 0 Å². The van der Waals surface area contributed by atoms with Gasteiger partial charge in [0.2, 0.25) is 11.7 Å². The predicted octanol–water partition coefficient (Wildman–Crippen LogP) is 4.97. The minimum atomic E-state index is -4.13. The molecule has 16 heteroatoms. The molecule has 13 nitrogen and oxygen atoms in total. The highest BCUT2D eigenvalue weighted by Crippen LogP contribution is 2.30. The highest BCUT2D eigenvalue weighted by molar-refractivity contribution is 7.90. The van der Waals surface area contributed by atoms with Gasteiger partial charge in [0.15, 0.2) is 5.82 Å². The summed E-state index contributed by atoms with van der Waals surface area (Å²) in [6.45, 7) is 8.48. The summed E-state index contributed by atoms with van der Waals surface area (Å²) in [6.07, 6.45) is 7.19. The third kappa shape index (κ3) is 7.23. The number of hydrogen-bond acceptors (Lipinski definition) is 9. The number of ketones is 1. The number of rotatable bonds is 9. The number of aromatic amines is 1. The largest absolute Gasteiger partial charge is 0.444 e. The van der Waals surface area contributed by atoms with Crippen molar-refractivity contribution in [3.05, 3.63) is 65.7 Å². The Bertz CT molecular complexity index is 1940. The van der Waals surface area contributed by atoms with Gasteiger partial charge in [-0.2, -0.15) is 12.7 Å². The fourth-order valence-corrected chi connectivity index (χ4v) is 6.21. The molecule has 0 bridgehead atoms. The number of H-pyrrole nitrogens is 1. The number of aromatic nitrogens is 4. The summed E-state index contributed by atoms with van der Waals surface area (Å²) in [5.74, 6) is -2.95. The maximum absolute atomic E-state index is 15.5. The van der Waals surface area contributed by atoms with E-state index < -0.39 is 44.5 Å². The molecule has 5 rings (SSSR count). The van der Waals surface area contributed by atoms with Crippen molar-refractivity contribution in [3.8, 4) is 11.1 Å². The van der Waals surface area contributed by atoms with Crippen LogP contribution in [-0.4, -0.2) is 94.8 Å². The second-order valence-corrected chi connectivity index (χ2v) is 14.3. The molecule has 48 heavy (non-hydrogen) atoms. The molecule has 2 N–H and O–H groups in total. The van der Waals surface area contributed by atoms with Crippen molar-refractivity contribution in [2.75, 3.05) is 43.4 Å². The lowest BCUT2D eigenvalue weighted by molar-refractivity contribution is 0.0200. The molecule has 4 aromatic rings. The van der Waals surface area contributed by atoms with Gasteiger partial charge in [-0.05, 0) is 51.8 Å². The molecule has 1 aromatic carbocycles. The molecular weight excluding hydrogens is 646 g/mol. The van der Waals surface area contributed by atoms with E-state index in [1.807, 2.05) is 25.7 Å². The lowest BCUT2D eigenvalue weighted by Crippen LogP contribution is -2.47. The van der Waals surface area contributed by atoms with E-state index in [0.717, 1.165) is 29.3 Å². The number of amides is 1. The second kappa shape index (κ2) is 13.4. The molecule has 3 aromatic heterocycles. The van der Waals surface area contributed by atoms with Crippen molar-refractivity contribution >= 4 is 44.8 Å². The molecule has 4 heterocycles. The van der Waals surface area contributed by atoms with Gasteiger partial charge in [0.25, 0.3) is 0 Å². The SMILES string of the molecule is CCN(C)S(=O)(=O)Nc1ccc(F)c(C(=O)c2c[nH]c3ncc(-c4cnc(N5CCC(N(C)C(=O)OC(C)(C)C)CC5)nc4)cc23)c1F. The number of halogens is 2. The minimum absolute atomic E-state index is 0.0305. The summed E-state index contributed by atoms with van der Waals surface area (Å²) in [6, 6.07) is 3.43. The summed E-state index contributed by atoms with van der Waals surface area (Å²) in [5, 5.41) is 0.299. The summed E-state index contributed by atoms with van der Waals surface area (Å²) in [4.78, 5) is 46.0. The summed E-state index contributed by atoms with van der Waals surface area (Å²) in [7, 11) is -1.09. The number of nitrogens with zero attached hydrogens (tertiary/aromatic N) is 6. The number of ether oxygens (including phenoxy) is 1. The first-order valence-corrected chi connectivity index (χ1v) is 16.8. The van der Waals surface area contributed by atoms with E-state index >= 15 is 4.39 Å². The molecule has 1 fully saturated rings. The topological polar surface area (TPSA) is 154 Å². The van der Waals surface area contributed by atoms with E-state index in [-0.39, 0.29) is 24.2 Å². The van der Waals surface area contributed by atoms with Crippen LogP contribution in [0.2, 0.25) is 0 Å². The van der Waals surface area contributed by atoms with E-state index in [4.69, 9.17) is 4.74 Å². The molecule has 0 radical (unpaired) electrons. The Kier molecular flexibility index (Phi) is 9.69. The van der Waals surface area contributed by atoms with Gasteiger partial charge >= 0.3 is 16.3 Å². The van der Waals surface area contributed by atoms with Gasteiger partial charge in [0, 0.05) is 86.6 Å². The molecule has 0 spiro atoms. The van der Waals surface area contributed by atoms with Gasteiger partial charge in [-0.1, -0.05) is 6.92 Å². The van der Waals surface area contributed by atoms with Gasteiger partial charge in [-0.3, -0.25) is 9.52 Å². The Morgan fingerprint density at radius 1 is 1.06 bits per heavy atom. The van der Waals surface area contributed by atoms with Crippen LogP contribution in [0.15, 0.2) is 43.0 Å². The van der Waals surface area contributed by atoms with Crippen molar-refractivity contribution in [2.45, 2.75) is 52.2 Å². The van der Waals surface area contributed by atoms with Gasteiger partial charge < -0.3 is 19.5 Å². The van der Waals surface area contributed by atoms with Crippen molar-refractivity contribution in [1.29, 1.82) is 0 Å². The van der Waals surface area contributed by atoms with Crippen LogP contribution in [0.25, 0.3) is 22.2 Å². The average molecular weight is 685 g/mol. The van der Waals surface area contributed by atoms with Crippen molar-refractivity contribution in [1.82, 2.24) is 29.1 Å². The number of benzene rings is 1. The molecule has 1 aliphatic heterocycles. The first-order chi connectivity index (χ1) is 22.6. The number of hydrogen-bond donors (Lipinski definition) is 2. The Morgan fingerprint density at radius 2 is 1.71 bits per heavy atom. The molecule has 0 saturated carbocycles. The molecule has 0 aliphatic carbocycles. The zero-order valence-corrected chi connectivity index (χ0v) is 28.4. The van der Waals surface area contributed by atoms with Crippen molar-refractivity contribution < 1.29 is 31.5 Å². The van der Waals surface area contributed by atoms with Crippen LogP contribution < -0.4 is 9.62 Å². The Morgan fingerprint density at radius 3 is 2.33 bits per heavy atom. The van der Waals surface area contributed by atoms with Crippen LogP contribution in [0.5, 0.6) is 0 Å². The molecule has 1 amide bonds. The van der Waals surface area contributed by atoms with Gasteiger partial charge in [0.1, 0.15) is 17.1 Å². The number of anilines is 2. The highest BCUT2D eigenvalue weighted by Gasteiger charge is 2.30. The zero-order chi connectivity index (χ0) is 35.0. The van der Waals surface area contributed by atoms with Gasteiger partial charge in [0.05, 0.1) is 11.3 Å². The number of piperidine rings is 1. The number of pyridine rings is 1. The third-order valence-electron chi connectivity index (χ3n) is 8.14. The molecule has 1 saturated heterocycles. The van der Waals surface area contributed by atoms with E-state index in [1.165, 1.54) is 13.2 Å². The molecule has 1 aliphatic rings. The Hall–Kier alpha value is -4.70. The summed E-state index contributed by atoms with van der Waals surface area (Å²) in [5.41, 5.74) is -0.630. The Balaban J connectivity index is 1.33. The fourth-order valence-electron chi connectivity index (χ4n) is 5.28. The van der Waals surface area contributed by atoms with Crippen LogP contribution in [0, 0.1) is 11.6 Å². The smallest absolute Gasteiger partial charge is 0.410 e. The Labute approximate surface area is 277 Å². The normalized spacial score (nSPS) is 14.4. The fraction of sp³-hybridized carbons (Fsp3) is 0.406. The quantitative estimate of drug-likeness (QED) is 0.233. The maximum Gasteiger partial charge on any atom is 0.410 e. The molecule has 256 valence electrons.